The lowest BCUT2D eigenvalue weighted by atomic mass is 10.2. The van der Waals surface area contributed by atoms with Gasteiger partial charge in [0.15, 0.2) is 11.5 Å². The highest BCUT2D eigenvalue weighted by Crippen LogP contribution is 2.20. The second-order valence-corrected chi connectivity index (χ2v) is 5.07. The van der Waals surface area contributed by atoms with E-state index in [1.807, 2.05) is 20.8 Å². The minimum atomic E-state index is -0.192. The lowest BCUT2D eigenvalue weighted by Crippen LogP contribution is -2.11. The molecule has 3 aromatic rings. The van der Waals surface area contributed by atoms with Crippen LogP contribution in [0, 0.1) is 0 Å². The highest BCUT2D eigenvalue weighted by atomic mass is 16.5. The molecule has 0 amide bonds. The van der Waals surface area contributed by atoms with Crippen molar-refractivity contribution in [1.29, 1.82) is 0 Å². The number of hydrogen-bond donors (Lipinski definition) is 2. The Balaban J connectivity index is 1.83. The molecule has 1 atom stereocenters. The van der Waals surface area contributed by atoms with E-state index < -0.39 is 0 Å². The molecule has 0 fully saturated rings. The quantitative estimate of drug-likeness (QED) is 0.738. The predicted molar refractivity (Wildman–Crippen MR) is 75.6 cm³/mol. The summed E-state index contributed by atoms with van der Waals surface area (Å²) >= 11 is 0. The molecule has 9 nitrogen and oxygen atoms in total. The summed E-state index contributed by atoms with van der Waals surface area (Å²) in [4.78, 5) is 8.59. The first-order valence-electron chi connectivity index (χ1n) is 6.61. The second kappa shape index (κ2) is 5.00. The van der Waals surface area contributed by atoms with Crippen LogP contribution in [0.3, 0.4) is 0 Å². The zero-order chi connectivity index (χ0) is 15.0. The third kappa shape index (κ3) is 2.49. The summed E-state index contributed by atoms with van der Waals surface area (Å²) in [6.07, 6.45) is 1.51. The van der Waals surface area contributed by atoms with Crippen molar-refractivity contribution >= 4 is 17.4 Å². The third-order valence-electron chi connectivity index (χ3n) is 3.03. The molecule has 0 saturated heterocycles. The fourth-order valence-electron chi connectivity index (χ4n) is 1.87. The molecule has 0 radical (unpaired) electrons. The highest BCUT2D eigenvalue weighted by Gasteiger charge is 2.17. The molecule has 9 heteroatoms. The third-order valence-corrected chi connectivity index (χ3v) is 3.03. The van der Waals surface area contributed by atoms with Gasteiger partial charge in [0.25, 0.3) is 0 Å². The zero-order valence-electron chi connectivity index (χ0n) is 12.0. The number of rotatable bonds is 4. The summed E-state index contributed by atoms with van der Waals surface area (Å²) in [5.41, 5.74) is 6.46. The Morgan fingerprint density at radius 3 is 2.81 bits per heavy atom. The lowest BCUT2D eigenvalue weighted by molar-refractivity contribution is 0.361. The van der Waals surface area contributed by atoms with Gasteiger partial charge in [0.2, 0.25) is 11.8 Å². The Hall–Kier alpha value is -2.71. The average Bonchev–Trinajstić information content (AvgIpc) is 3.07. The molecule has 0 aliphatic rings. The van der Waals surface area contributed by atoms with E-state index in [1.54, 1.807) is 10.5 Å². The van der Waals surface area contributed by atoms with Crippen LogP contribution in [0.5, 0.6) is 0 Å². The van der Waals surface area contributed by atoms with Crippen molar-refractivity contribution in [3.63, 3.8) is 0 Å². The number of fused-ring (bicyclic) bond motifs is 1. The maximum Gasteiger partial charge on any atom is 0.248 e. The van der Waals surface area contributed by atoms with E-state index in [4.69, 9.17) is 10.3 Å². The molecule has 0 bridgehead atoms. The summed E-state index contributed by atoms with van der Waals surface area (Å²) in [5, 5.41) is 14.8. The maximum atomic E-state index is 5.84. The monoisotopic (exact) mass is 288 g/mol. The fourth-order valence-corrected chi connectivity index (χ4v) is 1.87. The van der Waals surface area contributed by atoms with Crippen LogP contribution in [-0.4, -0.2) is 29.7 Å². The van der Waals surface area contributed by atoms with Crippen molar-refractivity contribution in [2.24, 2.45) is 0 Å². The van der Waals surface area contributed by atoms with E-state index >= 15 is 0 Å². The van der Waals surface area contributed by atoms with Gasteiger partial charge < -0.3 is 15.6 Å². The molecule has 110 valence electrons. The maximum absolute atomic E-state index is 5.84. The molecule has 0 aliphatic heterocycles. The summed E-state index contributed by atoms with van der Waals surface area (Å²) in [6, 6.07) is 1.56. The smallest absolute Gasteiger partial charge is 0.248 e. The lowest BCUT2D eigenvalue weighted by Gasteiger charge is -2.11. The molecule has 1 unspecified atom stereocenters. The van der Waals surface area contributed by atoms with Gasteiger partial charge in [0, 0.05) is 12.0 Å². The minimum Gasteiger partial charge on any atom is -0.369 e. The fraction of sp³-hybridized carbons (Fsp3) is 0.417. The first kappa shape index (κ1) is 13.3. The number of nitrogen functional groups attached to an aromatic ring is 1. The summed E-state index contributed by atoms with van der Waals surface area (Å²) in [6.45, 7) is 5.92. The van der Waals surface area contributed by atoms with Crippen LogP contribution in [0.15, 0.2) is 16.9 Å². The van der Waals surface area contributed by atoms with E-state index in [9.17, 15) is 0 Å². The van der Waals surface area contributed by atoms with Gasteiger partial charge in [-0.1, -0.05) is 19.0 Å². The Morgan fingerprint density at radius 1 is 1.29 bits per heavy atom. The van der Waals surface area contributed by atoms with Gasteiger partial charge in [-0.05, 0) is 6.92 Å². The van der Waals surface area contributed by atoms with Crippen LogP contribution >= 0.6 is 0 Å². The molecule has 3 N–H and O–H groups in total. The Kier molecular flexibility index (Phi) is 3.16. The molecule has 0 spiro atoms. The van der Waals surface area contributed by atoms with Crippen molar-refractivity contribution in [3.05, 3.63) is 24.1 Å². The molecule has 21 heavy (non-hydrogen) atoms. The largest absolute Gasteiger partial charge is 0.369 e. The number of nitrogens with zero attached hydrogens (tertiary/aromatic N) is 6. The van der Waals surface area contributed by atoms with E-state index in [0.29, 0.717) is 29.1 Å². The van der Waals surface area contributed by atoms with Gasteiger partial charge >= 0.3 is 0 Å². The Morgan fingerprint density at radius 2 is 2.10 bits per heavy atom. The summed E-state index contributed by atoms with van der Waals surface area (Å²) in [5.74, 6) is 2.28. The Bertz CT molecular complexity index is 762. The van der Waals surface area contributed by atoms with Crippen LogP contribution in [0.25, 0.3) is 5.65 Å². The first-order chi connectivity index (χ1) is 10.0. The summed E-state index contributed by atoms with van der Waals surface area (Å²) in [7, 11) is 0. The minimum absolute atomic E-state index is 0.192. The highest BCUT2D eigenvalue weighted by molar-refractivity contribution is 5.54. The zero-order valence-corrected chi connectivity index (χ0v) is 12.0. The van der Waals surface area contributed by atoms with E-state index in [0.717, 1.165) is 0 Å². The number of nitrogens with two attached hydrogens (primary N) is 1. The molecule has 3 aromatic heterocycles. The second-order valence-electron chi connectivity index (χ2n) is 5.07. The normalized spacial score (nSPS) is 13.0. The summed E-state index contributed by atoms with van der Waals surface area (Å²) < 4.78 is 6.84. The van der Waals surface area contributed by atoms with Crippen molar-refractivity contribution in [3.8, 4) is 0 Å². The molecule has 3 rings (SSSR count). The first-order valence-corrected chi connectivity index (χ1v) is 6.61. The number of hydrogen-bond acceptors (Lipinski definition) is 8. The van der Waals surface area contributed by atoms with E-state index in [2.05, 4.69) is 30.6 Å². The predicted octanol–water partition coefficient (Wildman–Crippen LogP) is 1.39. The van der Waals surface area contributed by atoms with Crippen LogP contribution in [0.1, 0.15) is 44.4 Å². The molecular weight excluding hydrogens is 272 g/mol. The Labute approximate surface area is 120 Å². The van der Waals surface area contributed by atoms with Gasteiger partial charge in [0.1, 0.15) is 18.2 Å². The van der Waals surface area contributed by atoms with Gasteiger partial charge in [-0.3, -0.25) is 4.40 Å². The molecule has 0 aliphatic carbocycles. The SMILES string of the molecule is CC(C)c1noc(C(C)Nc2cc3nncn3c(N)n2)n1. The van der Waals surface area contributed by atoms with Crippen LogP contribution in [0.2, 0.25) is 0 Å². The standard InChI is InChI=1S/C12H16N8O/c1-6(2)10-17-11(21-19-10)7(3)15-8-4-9-18-14-5-20(9)12(13)16-8/h4-7,15H,1-3H3,(H2,13,16). The van der Waals surface area contributed by atoms with E-state index in [1.165, 1.54) is 6.33 Å². The topological polar surface area (TPSA) is 120 Å². The molecule has 3 heterocycles. The van der Waals surface area contributed by atoms with Crippen molar-refractivity contribution in [2.45, 2.75) is 32.7 Å². The van der Waals surface area contributed by atoms with Gasteiger partial charge in [-0.25, -0.2) is 0 Å². The number of nitrogens with one attached hydrogen (secondary N) is 1. The van der Waals surface area contributed by atoms with Crippen molar-refractivity contribution in [1.82, 2.24) is 29.7 Å². The van der Waals surface area contributed by atoms with Gasteiger partial charge in [-0.15, -0.1) is 10.2 Å². The number of anilines is 2. The van der Waals surface area contributed by atoms with E-state index in [-0.39, 0.29) is 12.0 Å². The molecular formula is C12H16N8O. The van der Waals surface area contributed by atoms with Crippen molar-refractivity contribution < 1.29 is 4.52 Å². The van der Waals surface area contributed by atoms with Crippen molar-refractivity contribution in [2.75, 3.05) is 11.1 Å². The average molecular weight is 288 g/mol. The van der Waals surface area contributed by atoms with Gasteiger partial charge in [-0.2, -0.15) is 9.97 Å². The number of aromatic nitrogens is 6. The molecule has 0 saturated carbocycles. The van der Waals surface area contributed by atoms with Crippen LogP contribution in [-0.2, 0) is 0 Å². The molecule has 0 aromatic carbocycles. The van der Waals surface area contributed by atoms with Crippen LogP contribution in [0.4, 0.5) is 11.8 Å². The van der Waals surface area contributed by atoms with Crippen LogP contribution < -0.4 is 11.1 Å². The van der Waals surface area contributed by atoms with Gasteiger partial charge in [0.05, 0.1) is 0 Å².